The Labute approximate surface area is 142 Å². The van der Waals surface area contributed by atoms with E-state index in [-0.39, 0.29) is 17.9 Å². The van der Waals surface area contributed by atoms with Crippen LogP contribution in [0.5, 0.6) is 5.88 Å². The molecule has 0 spiro atoms. The van der Waals surface area contributed by atoms with Crippen molar-refractivity contribution in [2.75, 3.05) is 13.2 Å². The number of hydroxylamine groups is 2. The van der Waals surface area contributed by atoms with Gasteiger partial charge in [0.2, 0.25) is 5.88 Å². The second-order valence-corrected chi connectivity index (χ2v) is 6.75. The van der Waals surface area contributed by atoms with Crippen molar-refractivity contribution in [2.45, 2.75) is 57.2 Å². The number of fused-ring (bicyclic) bond motifs is 3. The summed E-state index contributed by atoms with van der Waals surface area (Å²) in [7, 11) is 0. The van der Waals surface area contributed by atoms with Gasteiger partial charge in [-0.1, -0.05) is 25.3 Å². The fourth-order valence-corrected chi connectivity index (χ4v) is 4.19. The minimum Gasteiger partial charge on any atom is -0.477 e. The van der Waals surface area contributed by atoms with Crippen molar-refractivity contribution in [2.24, 2.45) is 5.92 Å². The summed E-state index contributed by atoms with van der Waals surface area (Å²) in [5.41, 5.74) is 1.02. The highest BCUT2D eigenvalue weighted by Crippen LogP contribution is 2.48. The van der Waals surface area contributed by atoms with E-state index in [0.717, 1.165) is 18.4 Å². The van der Waals surface area contributed by atoms with Gasteiger partial charge in [-0.15, -0.1) is 0 Å². The highest BCUT2D eigenvalue weighted by atomic mass is 16.7. The number of carbonyl (C=O) groups is 1. The first-order valence-corrected chi connectivity index (χ1v) is 8.99. The molecule has 0 amide bonds. The van der Waals surface area contributed by atoms with Crippen molar-refractivity contribution in [3.05, 3.63) is 23.9 Å². The Kier molecular flexibility index (Phi) is 4.41. The van der Waals surface area contributed by atoms with Crippen molar-refractivity contribution in [3.8, 4) is 5.88 Å². The number of hydrogen-bond donors (Lipinski definition) is 0. The summed E-state index contributed by atoms with van der Waals surface area (Å²) in [6.07, 6.45) is 7.06. The lowest BCUT2D eigenvalue weighted by molar-refractivity contribution is -0.208. The van der Waals surface area contributed by atoms with E-state index in [9.17, 15) is 4.79 Å². The molecule has 0 radical (unpaired) electrons. The van der Waals surface area contributed by atoms with E-state index < -0.39 is 6.10 Å². The molecular weight excluding hydrogens is 308 g/mol. The molecule has 1 saturated heterocycles. The van der Waals surface area contributed by atoms with Crippen molar-refractivity contribution in [1.82, 2.24) is 10.0 Å². The largest absolute Gasteiger partial charge is 0.477 e. The molecule has 24 heavy (non-hydrogen) atoms. The van der Waals surface area contributed by atoms with Crippen LogP contribution in [-0.2, 0) is 14.4 Å². The molecule has 3 heterocycles. The van der Waals surface area contributed by atoms with E-state index in [1.165, 1.54) is 19.3 Å². The number of rotatable bonds is 3. The first-order valence-electron chi connectivity index (χ1n) is 8.99. The van der Waals surface area contributed by atoms with Gasteiger partial charge in [-0.2, -0.15) is 5.06 Å². The standard InChI is InChI=1S/C18H24N2O4/c1-2-22-18(21)16-14-11-23-17-13(9-6-10-19-17)15(14)20(24-16)12-7-4-3-5-8-12/h6,9-10,12,14-16H,2-5,7-8,11H2,1H3/t14-,15+,16-/m1/s1. The number of nitrogens with zero attached hydrogens (tertiary/aromatic N) is 2. The molecule has 6 heteroatoms. The topological polar surface area (TPSA) is 60.9 Å². The van der Waals surface area contributed by atoms with Crippen LogP contribution < -0.4 is 4.74 Å². The van der Waals surface area contributed by atoms with Crippen LogP contribution in [0.15, 0.2) is 18.3 Å². The normalized spacial score (nSPS) is 30.3. The third-order valence-electron chi connectivity index (χ3n) is 5.29. The monoisotopic (exact) mass is 332 g/mol. The van der Waals surface area contributed by atoms with Gasteiger partial charge in [-0.3, -0.25) is 4.84 Å². The van der Waals surface area contributed by atoms with Crippen LogP contribution in [0.25, 0.3) is 0 Å². The van der Waals surface area contributed by atoms with E-state index >= 15 is 0 Å². The van der Waals surface area contributed by atoms with Crippen LogP contribution in [0, 0.1) is 5.92 Å². The van der Waals surface area contributed by atoms with Crippen molar-refractivity contribution < 1.29 is 19.1 Å². The van der Waals surface area contributed by atoms with Gasteiger partial charge < -0.3 is 9.47 Å². The number of ether oxygens (including phenoxy) is 2. The highest BCUT2D eigenvalue weighted by molar-refractivity contribution is 5.75. The lowest BCUT2D eigenvalue weighted by atomic mass is 9.86. The Bertz CT molecular complexity index is 602. The summed E-state index contributed by atoms with van der Waals surface area (Å²) in [6, 6.07) is 4.31. The minimum atomic E-state index is -0.592. The Morgan fingerprint density at radius 1 is 1.38 bits per heavy atom. The molecule has 0 unspecified atom stereocenters. The third-order valence-corrected chi connectivity index (χ3v) is 5.29. The molecule has 0 N–H and O–H groups in total. The lowest BCUT2D eigenvalue weighted by Gasteiger charge is -2.36. The molecule has 1 saturated carbocycles. The van der Waals surface area contributed by atoms with Gasteiger partial charge >= 0.3 is 5.97 Å². The first-order chi connectivity index (χ1) is 11.8. The van der Waals surface area contributed by atoms with Crippen LogP contribution in [0.4, 0.5) is 0 Å². The van der Waals surface area contributed by atoms with Crippen LogP contribution in [-0.4, -0.2) is 41.4 Å². The van der Waals surface area contributed by atoms with Crippen molar-refractivity contribution >= 4 is 5.97 Å². The molecule has 0 aromatic carbocycles. The van der Waals surface area contributed by atoms with Gasteiger partial charge in [0.1, 0.15) is 0 Å². The molecule has 4 rings (SSSR count). The van der Waals surface area contributed by atoms with Gasteiger partial charge in [-0.25, -0.2) is 9.78 Å². The average Bonchev–Trinajstić information content (AvgIpc) is 3.03. The summed E-state index contributed by atoms with van der Waals surface area (Å²) in [5, 5.41) is 2.06. The Morgan fingerprint density at radius 2 is 2.21 bits per heavy atom. The molecule has 2 fully saturated rings. The Morgan fingerprint density at radius 3 is 3.00 bits per heavy atom. The number of carbonyl (C=O) groups excluding carboxylic acids is 1. The van der Waals surface area contributed by atoms with Gasteiger partial charge in [-0.05, 0) is 25.8 Å². The molecule has 3 aliphatic rings. The minimum absolute atomic E-state index is 0.0138. The molecule has 1 aromatic rings. The summed E-state index contributed by atoms with van der Waals surface area (Å²) in [4.78, 5) is 22.9. The van der Waals surface area contributed by atoms with Crippen LogP contribution in [0.2, 0.25) is 0 Å². The number of hydrogen-bond acceptors (Lipinski definition) is 6. The van der Waals surface area contributed by atoms with Crippen LogP contribution >= 0.6 is 0 Å². The predicted octanol–water partition coefficient (Wildman–Crippen LogP) is 2.64. The maximum atomic E-state index is 12.4. The summed E-state index contributed by atoms with van der Waals surface area (Å²) < 4.78 is 11.0. The smallest absolute Gasteiger partial charge is 0.337 e. The zero-order valence-corrected chi connectivity index (χ0v) is 14.0. The predicted molar refractivity (Wildman–Crippen MR) is 86.2 cm³/mol. The van der Waals surface area contributed by atoms with Crippen molar-refractivity contribution in [1.29, 1.82) is 0 Å². The lowest BCUT2D eigenvalue weighted by Crippen LogP contribution is -2.39. The van der Waals surface area contributed by atoms with E-state index in [4.69, 9.17) is 14.3 Å². The van der Waals surface area contributed by atoms with Gasteiger partial charge in [0.15, 0.2) is 6.10 Å². The third kappa shape index (κ3) is 2.67. The number of aromatic nitrogens is 1. The van der Waals surface area contributed by atoms with Crippen molar-refractivity contribution in [3.63, 3.8) is 0 Å². The Balaban J connectivity index is 1.67. The van der Waals surface area contributed by atoms with E-state index in [1.54, 1.807) is 6.20 Å². The second-order valence-electron chi connectivity index (χ2n) is 6.75. The van der Waals surface area contributed by atoms with E-state index in [2.05, 4.69) is 10.0 Å². The molecule has 1 aliphatic carbocycles. The number of pyridine rings is 1. The Hall–Kier alpha value is -1.66. The fraction of sp³-hybridized carbons (Fsp3) is 0.667. The zero-order chi connectivity index (χ0) is 16.5. The summed E-state index contributed by atoms with van der Waals surface area (Å²) in [6.45, 7) is 2.61. The maximum absolute atomic E-state index is 12.4. The molecule has 0 bridgehead atoms. The van der Waals surface area contributed by atoms with Crippen LogP contribution in [0.3, 0.4) is 0 Å². The molecule has 2 aliphatic heterocycles. The molecule has 6 nitrogen and oxygen atoms in total. The summed E-state index contributed by atoms with van der Waals surface area (Å²) in [5.74, 6) is 0.317. The van der Waals surface area contributed by atoms with E-state index in [1.807, 2.05) is 19.1 Å². The fourth-order valence-electron chi connectivity index (χ4n) is 4.19. The molecule has 1 aromatic heterocycles. The van der Waals surface area contributed by atoms with Gasteiger partial charge in [0.05, 0.1) is 25.2 Å². The highest BCUT2D eigenvalue weighted by Gasteiger charge is 2.53. The zero-order valence-electron chi connectivity index (χ0n) is 14.0. The first kappa shape index (κ1) is 15.8. The number of esters is 1. The SMILES string of the molecule is CCOC(=O)[C@@H]1ON(C2CCCCC2)[C@H]2c3cccnc3OC[C@@H]12. The van der Waals surface area contributed by atoms with Gasteiger partial charge in [0, 0.05) is 17.8 Å². The van der Waals surface area contributed by atoms with E-state index in [0.29, 0.717) is 25.1 Å². The average molecular weight is 332 g/mol. The second kappa shape index (κ2) is 6.69. The maximum Gasteiger partial charge on any atom is 0.337 e. The molecular formula is C18H24N2O4. The molecule has 3 atom stereocenters. The molecule has 130 valence electrons. The van der Waals surface area contributed by atoms with Gasteiger partial charge in [0.25, 0.3) is 0 Å². The quantitative estimate of drug-likeness (QED) is 0.793. The van der Waals surface area contributed by atoms with Crippen LogP contribution in [0.1, 0.15) is 50.6 Å². The summed E-state index contributed by atoms with van der Waals surface area (Å²) >= 11 is 0.